The number of aliphatic hydroxyl groups is 1. The van der Waals surface area contributed by atoms with Gasteiger partial charge in [0, 0.05) is 37.8 Å². The average Bonchev–Trinajstić information content (AvgIpc) is 3.45. The summed E-state index contributed by atoms with van der Waals surface area (Å²) in [4.78, 5) is 26.6. The molecule has 4 atom stereocenters. The van der Waals surface area contributed by atoms with E-state index in [1.807, 2.05) is 4.90 Å². The van der Waals surface area contributed by atoms with Crippen LogP contribution in [0.1, 0.15) is 60.9 Å². The molecule has 0 spiro atoms. The maximum atomic E-state index is 14.2. The molecule has 2 N–H and O–H groups in total. The van der Waals surface area contributed by atoms with E-state index in [-0.39, 0.29) is 22.9 Å². The summed E-state index contributed by atoms with van der Waals surface area (Å²) in [6, 6.07) is 4.69. The number of piperazine rings is 1. The van der Waals surface area contributed by atoms with Gasteiger partial charge in [0.2, 0.25) is 5.91 Å². The number of amides is 1. The predicted octanol–water partition coefficient (Wildman–Crippen LogP) is 2.99. The Kier molecular flexibility index (Phi) is 6.24. The number of rotatable bonds is 4. The molecule has 9 heteroatoms. The highest BCUT2D eigenvalue weighted by Crippen LogP contribution is 2.43. The Morgan fingerprint density at radius 2 is 2.06 bits per heavy atom. The molecule has 0 saturated carbocycles. The van der Waals surface area contributed by atoms with E-state index in [4.69, 9.17) is 11.6 Å². The van der Waals surface area contributed by atoms with Crippen molar-refractivity contribution in [2.75, 3.05) is 37.6 Å². The van der Waals surface area contributed by atoms with Crippen LogP contribution in [0.2, 0.25) is 5.02 Å². The number of fused-ring (bicyclic) bond motifs is 1. The molecular formula is C24H29ClFN5O2. The zero-order valence-corrected chi connectivity index (χ0v) is 19.4. The van der Waals surface area contributed by atoms with Gasteiger partial charge in [0.15, 0.2) is 0 Å². The molecule has 5 rings (SSSR count). The van der Waals surface area contributed by atoms with Gasteiger partial charge in [-0.05, 0) is 49.4 Å². The van der Waals surface area contributed by atoms with Gasteiger partial charge in [0.1, 0.15) is 18.0 Å². The lowest BCUT2D eigenvalue weighted by atomic mass is 9.88. The van der Waals surface area contributed by atoms with Crippen molar-refractivity contribution in [3.8, 4) is 0 Å². The average molecular weight is 474 g/mol. The second kappa shape index (κ2) is 9.16. The van der Waals surface area contributed by atoms with Crippen molar-refractivity contribution in [1.29, 1.82) is 0 Å². The van der Waals surface area contributed by atoms with Crippen LogP contribution >= 0.6 is 11.6 Å². The molecule has 2 fully saturated rings. The van der Waals surface area contributed by atoms with Crippen LogP contribution in [0.15, 0.2) is 24.5 Å². The SMILES string of the molecule is C[C@@H]1C[C@@H](O)c2ncnc(N3CCN(C(=O)[C@@H](c4ccc(Cl)c(F)c4)[C@H]4CCCN4)CC3)c21. The number of hydrogen-bond donors (Lipinski definition) is 2. The van der Waals surface area contributed by atoms with E-state index >= 15 is 0 Å². The highest BCUT2D eigenvalue weighted by Gasteiger charge is 2.38. The topological polar surface area (TPSA) is 81.6 Å². The standard InChI is InChI=1S/C24H29ClFN5O2/c1-14-11-19(32)22-20(14)23(29-13-28-22)30-7-9-31(10-8-30)24(33)21(18-3-2-6-27-18)15-4-5-16(25)17(26)12-15/h4-5,12-14,18-19,21,27,32H,2-3,6-11H2,1H3/t14-,18-,19-,21+/m1/s1. The summed E-state index contributed by atoms with van der Waals surface area (Å²) in [6.45, 7) is 5.38. The van der Waals surface area contributed by atoms with Crippen molar-refractivity contribution in [2.24, 2.45) is 0 Å². The Morgan fingerprint density at radius 1 is 1.27 bits per heavy atom. The summed E-state index contributed by atoms with van der Waals surface area (Å²) in [5.74, 6) is 0.147. The second-order valence-electron chi connectivity index (χ2n) is 9.32. The summed E-state index contributed by atoms with van der Waals surface area (Å²) in [5.41, 5.74) is 2.41. The zero-order chi connectivity index (χ0) is 23.1. The third-order valence-corrected chi connectivity index (χ3v) is 7.55. The van der Waals surface area contributed by atoms with Crippen LogP contribution in [0.5, 0.6) is 0 Å². The van der Waals surface area contributed by atoms with Gasteiger partial charge in [-0.15, -0.1) is 0 Å². The number of carbonyl (C=O) groups excluding carboxylic acids is 1. The van der Waals surface area contributed by atoms with Crippen molar-refractivity contribution >= 4 is 23.3 Å². The van der Waals surface area contributed by atoms with E-state index in [2.05, 4.69) is 27.1 Å². The highest BCUT2D eigenvalue weighted by atomic mass is 35.5. The zero-order valence-electron chi connectivity index (χ0n) is 18.7. The number of nitrogens with zero attached hydrogens (tertiary/aromatic N) is 4. The van der Waals surface area contributed by atoms with E-state index < -0.39 is 17.8 Å². The van der Waals surface area contributed by atoms with Crippen LogP contribution in [-0.4, -0.2) is 64.6 Å². The Morgan fingerprint density at radius 3 is 2.76 bits per heavy atom. The monoisotopic (exact) mass is 473 g/mol. The predicted molar refractivity (Wildman–Crippen MR) is 124 cm³/mol. The van der Waals surface area contributed by atoms with Gasteiger partial charge in [-0.3, -0.25) is 4.79 Å². The summed E-state index contributed by atoms with van der Waals surface area (Å²) >= 11 is 5.89. The fraction of sp³-hybridized carbons (Fsp3) is 0.542. The summed E-state index contributed by atoms with van der Waals surface area (Å²) in [5, 5.41) is 13.8. The van der Waals surface area contributed by atoms with E-state index in [0.717, 1.165) is 36.5 Å². The fourth-order valence-electron chi connectivity index (χ4n) is 5.54. The summed E-state index contributed by atoms with van der Waals surface area (Å²) < 4.78 is 14.2. The van der Waals surface area contributed by atoms with Crippen LogP contribution in [0.4, 0.5) is 10.2 Å². The van der Waals surface area contributed by atoms with Gasteiger partial charge < -0.3 is 20.2 Å². The van der Waals surface area contributed by atoms with Gasteiger partial charge in [0.05, 0.1) is 22.7 Å². The van der Waals surface area contributed by atoms with E-state index in [1.165, 1.54) is 18.5 Å². The van der Waals surface area contributed by atoms with Crippen molar-refractivity contribution < 1.29 is 14.3 Å². The first-order chi connectivity index (χ1) is 15.9. The molecular weight excluding hydrogens is 445 g/mol. The summed E-state index contributed by atoms with van der Waals surface area (Å²) in [7, 11) is 0. The Hall–Kier alpha value is -2.29. The lowest BCUT2D eigenvalue weighted by Crippen LogP contribution is -2.52. The number of halogens is 2. The van der Waals surface area contributed by atoms with Gasteiger partial charge in [-0.2, -0.15) is 0 Å². The number of aromatic nitrogens is 2. The van der Waals surface area contributed by atoms with Crippen LogP contribution in [0.3, 0.4) is 0 Å². The van der Waals surface area contributed by atoms with Crippen LogP contribution < -0.4 is 10.2 Å². The quantitative estimate of drug-likeness (QED) is 0.710. The Balaban J connectivity index is 1.34. The molecule has 3 aliphatic rings. The van der Waals surface area contributed by atoms with Gasteiger partial charge in [-0.1, -0.05) is 24.6 Å². The number of carbonyl (C=O) groups is 1. The largest absolute Gasteiger partial charge is 0.387 e. The molecule has 1 amide bonds. The molecule has 1 aromatic heterocycles. The Bertz CT molecular complexity index is 1040. The Labute approximate surface area is 198 Å². The number of anilines is 1. The highest BCUT2D eigenvalue weighted by molar-refractivity contribution is 6.30. The van der Waals surface area contributed by atoms with Gasteiger partial charge in [-0.25, -0.2) is 14.4 Å². The molecule has 2 saturated heterocycles. The molecule has 0 unspecified atom stereocenters. The van der Waals surface area contributed by atoms with Crippen molar-refractivity contribution in [2.45, 2.75) is 50.2 Å². The van der Waals surface area contributed by atoms with E-state index in [0.29, 0.717) is 38.2 Å². The molecule has 3 heterocycles. The third kappa shape index (κ3) is 4.20. The molecule has 1 aliphatic carbocycles. The van der Waals surface area contributed by atoms with Crippen molar-refractivity contribution in [3.63, 3.8) is 0 Å². The first-order valence-corrected chi connectivity index (χ1v) is 12.1. The first-order valence-electron chi connectivity index (χ1n) is 11.7. The van der Waals surface area contributed by atoms with Crippen LogP contribution in [0, 0.1) is 5.82 Å². The first kappa shape index (κ1) is 22.5. The normalized spacial score (nSPS) is 25.9. The summed E-state index contributed by atoms with van der Waals surface area (Å²) in [6.07, 6.45) is 3.52. The lowest BCUT2D eigenvalue weighted by molar-refractivity contribution is -0.133. The van der Waals surface area contributed by atoms with Crippen molar-refractivity contribution in [1.82, 2.24) is 20.2 Å². The molecule has 176 valence electrons. The number of aliphatic hydroxyl groups excluding tert-OH is 1. The third-order valence-electron chi connectivity index (χ3n) is 7.24. The lowest BCUT2D eigenvalue weighted by Gasteiger charge is -2.38. The fourth-order valence-corrected chi connectivity index (χ4v) is 5.66. The van der Waals surface area contributed by atoms with Gasteiger partial charge in [0.25, 0.3) is 0 Å². The maximum absolute atomic E-state index is 14.2. The van der Waals surface area contributed by atoms with Crippen molar-refractivity contribution in [3.05, 3.63) is 52.2 Å². The number of benzene rings is 1. The van der Waals surface area contributed by atoms with E-state index in [1.54, 1.807) is 6.07 Å². The van der Waals surface area contributed by atoms with E-state index in [9.17, 15) is 14.3 Å². The van der Waals surface area contributed by atoms with Gasteiger partial charge >= 0.3 is 0 Å². The molecule has 1 aromatic carbocycles. The molecule has 2 aliphatic heterocycles. The minimum Gasteiger partial charge on any atom is -0.387 e. The second-order valence-corrected chi connectivity index (χ2v) is 9.72. The minimum atomic E-state index is -0.543. The smallest absolute Gasteiger partial charge is 0.231 e. The number of hydrogen-bond acceptors (Lipinski definition) is 6. The maximum Gasteiger partial charge on any atom is 0.231 e. The molecule has 0 bridgehead atoms. The number of nitrogens with one attached hydrogen (secondary N) is 1. The minimum absolute atomic E-state index is 0.0106. The molecule has 33 heavy (non-hydrogen) atoms. The van der Waals surface area contributed by atoms with Crippen LogP contribution in [0.25, 0.3) is 0 Å². The molecule has 2 aromatic rings. The molecule has 0 radical (unpaired) electrons. The van der Waals surface area contributed by atoms with Crippen LogP contribution in [-0.2, 0) is 4.79 Å². The molecule has 7 nitrogen and oxygen atoms in total.